The topological polar surface area (TPSA) is 45.4 Å². The molecule has 2 unspecified atom stereocenters. The molecule has 16 heavy (non-hydrogen) atoms. The molecule has 4 heteroatoms. The summed E-state index contributed by atoms with van der Waals surface area (Å²) >= 11 is 0. The van der Waals surface area contributed by atoms with Crippen LogP contribution in [0, 0.1) is 0 Å². The Morgan fingerprint density at radius 3 is 1.81 bits per heavy atom. The van der Waals surface area contributed by atoms with Crippen molar-refractivity contribution in [3.05, 3.63) is 24.6 Å². The van der Waals surface area contributed by atoms with E-state index in [0.717, 1.165) is 24.6 Å². The summed E-state index contributed by atoms with van der Waals surface area (Å²) in [5.41, 5.74) is 1.53. The average molecular weight is 223 g/mol. The van der Waals surface area contributed by atoms with Gasteiger partial charge in [-0.15, -0.1) is 0 Å². The molecule has 0 spiro atoms. The normalized spacial score (nSPS) is 26.1. The maximum atomic E-state index is 11.6. The van der Waals surface area contributed by atoms with Gasteiger partial charge in [0.1, 0.15) is 0 Å². The molecule has 2 aliphatic heterocycles. The third-order valence-electron chi connectivity index (χ3n) is 2.68. The summed E-state index contributed by atoms with van der Waals surface area (Å²) in [5, 5.41) is 0. The average Bonchev–Trinajstić information content (AvgIpc) is 2.98. The largest absolute Gasteiger partial charge is 0.373 e. The van der Waals surface area contributed by atoms with Gasteiger partial charge in [0.2, 0.25) is 5.91 Å². The van der Waals surface area contributed by atoms with Gasteiger partial charge in [-0.05, 0) is 0 Å². The molecule has 4 nitrogen and oxygen atoms in total. The Labute approximate surface area is 95.5 Å². The van der Waals surface area contributed by atoms with Crippen molar-refractivity contribution in [2.75, 3.05) is 13.2 Å². The summed E-state index contributed by atoms with van der Waals surface area (Å²) in [5.74, 6) is -0.0451. The van der Waals surface area contributed by atoms with Crippen LogP contribution in [0.5, 0.6) is 0 Å². The highest BCUT2D eigenvalue weighted by atomic mass is 16.6. The molecule has 2 atom stereocenters. The van der Waals surface area contributed by atoms with Crippen LogP contribution in [-0.2, 0) is 14.3 Å². The van der Waals surface area contributed by atoms with Crippen LogP contribution in [0.1, 0.15) is 19.8 Å². The molecule has 0 aromatic rings. The zero-order valence-electron chi connectivity index (χ0n) is 9.57. The van der Waals surface area contributed by atoms with E-state index in [0.29, 0.717) is 12.8 Å². The van der Waals surface area contributed by atoms with Crippen molar-refractivity contribution in [3.63, 3.8) is 0 Å². The van der Waals surface area contributed by atoms with Gasteiger partial charge in [-0.1, -0.05) is 13.2 Å². The van der Waals surface area contributed by atoms with E-state index in [1.807, 2.05) is 0 Å². The highest BCUT2D eigenvalue weighted by Gasteiger charge is 2.30. The predicted molar refractivity (Wildman–Crippen MR) is 59.5 cm³/mol. The van der Waals surface area contributed by atoms with E-state index < -0.39 is 0 Å². The number of epoxide rings is 2. The van der Waals surface area contributed by atoms with Gasteiger partial charge < -0.3 is 9.47 Å². The fraction of sp³-hybridized carbons (Fsp3) is 0.583. The third kappa shape index (κ3) is 2.93. The van der Waals surface area contributed by atoms with E-state index in [-0.39, 0.29) is 18.1 Å². The molecule has 1 amide bonds. The molecule has 0 bridgehead atoms. The molecule has 0 aliphatic carbocycles. The molecule has 2 fully saturated rings. The molecular formula is C12H17NO3. The molecule has 0 aromatic carbocycles. The molecular weight excluding hydrogens is 206 g/mol. The third-order valence-corrected chi connectivity index (χ3v) is 2.68. The Hall–Kier alpha value is -1.13. The number of carbonyl (C=O) groups is 1. The van der Waals surface area contributed by atoms with E-state index in [1.54, 1.807) is 4.90 Å². The lowest BCUT2D eigenvalue weighted by Gasteiger charge is -2.24. The fourth-order valence-corrected chi connectivity index (χ4v) is 1.75. The first-order chi connectivity index (χ1) is 7.58. The molecule has 2 rings (SSSR count). The van der Waals surface area contributed by atoms with Crippen molar-refractivity contribution in [1.82, 2.24) is 4.90 Å². The second kappa shape index (κ2) is 4.39. The number of carbonyl (C=O) groups excluding carboxylic acids is 1. The van der Waals surface area contributed by atoms with Gasteiger partial charge in [0.05, 0.1) is 25.4 Å². The van der Waals surface area contributed by atoms with Crippen LogP contribution < -0.4 is 0 Å². The number of amides is 1. The lowest BCUT2D eigenvalue weighted by atomic mass is 10.2. The van der Waals surface area contributed by atoms with Crippen LogP contribution in [0.25, 0.3) is 0 Å². The van der Waals surface area contributed by atoms with E-state index >= 15 is 0 Å². The molecule has 0 aromatic heterocycles. The number of hydrogen-bond acceptors (Lipinski definition) is 3. The summed E-state index contributed by atoms with van der Waals surface area (Å²) < 4.78 is 10.3. The van der Waals surface area contributed by atoms with Crippen molar-refractivity contribution >= 4 is 5.91 Å². The Balaban J connectivity index is 1.93. The van der Waals surface area contributed by atoms with Gasteiger partial charge in [-0.3, -0.25) is 9.69 Å². The molecule has 88 valence electrons. The van der Waals surface area contributed by atoms with E-state index in [9.17, 15) is 4.79 Å². The Morgan fingerprint density at radius 1 is 1.19 bits per heavy atom. The summed E-state index contributed by atoms with van der Waals surface area (Å²) in [4.78, 5) is 13.1. The van der Waals surface area contributed by atoms with Gasteiger partial charge in [-0.25, -0.2) is 0 Å². The van der Waals surface area contributed by atoms with Crippen LogP contribution in [0.3, 0.4) is 0 Å². The second-order valence-electron chi connectivity index (χ2n) is 4.31. The number of nitrogens with zero attached hydrogens (tertiary/aromatic N) is 1. The van der Waals surface area contributed by atoms with E-state index in [4.69, 9.17) is 9.47 Å². The number of hydrogen-bond donors (Lipinski definition) is 0. The summed E-state index contributed by atoms with van der Waals surface area (Å²) in [6, 6.07) is 0. The van der Waals surface area contributed by atoms with Gasteiger partial charge in [0, 0.05) is 31.2 Å². The van der Waals surface area contributed by atoms with Crippen LogP contribution in [0.4, 0.5) is 0 Å². The lowest BCUT2D eigenvalue weighted by Crippen LogP contribution is -2.27. The van der Waals surface area contributed by atoms with Crippen LogP contribution >= 0.6 is 0 Å². The minimum atomic E-state index is -0.0451. The number of rotatable bonds is 6. The highest BCUT2D eigenvalue weighted by molar-refractivity contribution is 5.77. The molecule has 0 radical (unpaired) electrons. The predicted octanol–water partition coefficient (Wildman–Crippen LogP) is 1.44. The van der Waals surface area contributed by atoms with Gasteiger partial charge >= 0.3 is 0 Å². The summed E-state index contributed by atoms with van der Waals surface area (Å²) in [6.07, 6.45) is 1.87. The highest BCUT2D eigenvalue weighted by Crippen LogP contribution is 2.27. The molecule has 0 N–H and O–H groups in total. The van der Waals surface area contributed by atoms with E-state index in [2.05, 4.69) is 13.2 Å². The number of ether oxygens (including phenoxy) is 2. The zero-order valence-corrected chi connectivity index (χ0v) is 9.57. The van der Waals surface area contributed by atoms with Crippen LogP contribution in [0.2, 0.25) is 0 Å². The molecule has 2 saturated heterocycles. The van der Waals surface area contributed by atoms with Crippen molar-refractivity contribution in [1.29, 1.82) is 0 Å². The SMILES string of the molecule is C=C(CC1CO1)N(C(=C)CC1CO1)C(C)=O. The van der Waals surface area contributed by atoms with Crippen molar-refractivity contribution in [2.45, 2.75) is 32.0 Å². The monoisotopic (exact) mass is 223 g/mol. The van der Waals surface area contributed by atoms with Crippen LogP contribution in [-0.4, -0.2) is 36.2 Å². The first-order valence-corrected chi connectivity index (χ1v) is 5.47. The minimum Gasteiger partial charge on any atom is -0.373 e. The summed E-state index contributed by atoms with van der Waals surface area (Å²) in [6.45, 7) is 10.9. The van der Waals surface area contributed by atoms with Gasteiger partial charge in [0.25, 0.3) is 0 Å². The Kier molecular flexibility index (Phi) is 3.12. The van der Waals surface area contributed by atoms with Crippen molar-refractivity contribution < 1.29 is 14.3 Å². The van der Waals surface area contributed by atoms with Crippen LogP contribution in [0.15, 0.2) is 24.6 Å². The van der Waals surface area contributed by atoms with Crippen molar-refractivity contribution in [3.8, 4) is 0 Å². The maximum Gasteiger partial charge on any atom is 0.227 e. The molecule has 0 saturated carbocycles. The standard InChI is InChI=1S/C12H17NO3/c1-8(4-11-6-15-11)13(10(3)14)9(2)5-12-7-16-12/h11-12H,1-2,4-7H2,3H3. The molecule has 2 heterocycles. The van der Waals surface area contributed by atoms with Crippen molar-refractivity contribution in [2.24, 2.45) is 0 Å². The minimum absolute atomic E-state index is 0.0451. The molecule has 2 aliphatic rings. The van der Waals surface area contributed by atoms with E-state index in [1.165, 1.54) is 6.92 Å². The first-order valence-electron chi connectivity index (χ1n) is 5.47. The Morgan fingerprint density at radius 2 is 1.56 bits per heavy atom. The fourth-order valence-electron chi connectivity index (χ4n) is 1.75. The van der Waals surface area contributed by atoms with Gasteiger partial charge in [0.15, 0.2) is 0 Å². The maximum absolute atomic E-state index is 11.6. The first kappa shape index (κ1) is 11.4. The Bertz CT molecular complexity index is 303. The zero-order chi connectivity index (χ0) is 11.7. The quantitative estimate of drug-likeness (QED) is 0.640. The lowest BCUT2D eigenvalue weighted by molar-refractivity contribution is -0.125. The summed E-state index contributed by atoms with van der Waals surface area (Å²) in [7, 11) is 0. The smallest absolute Gasteiger partial charge is 0.227 e. The second-order valence-corrected chi connectivity index (χ2v) is 4.31. The van der Waals surface area contributed by atoms with Gasteiger partial charge in [-0.2, -0.15) is 0 Å².